The molecular formula is C13H13F3N2O. The van der Waals surface area contributed by atoms with Gasteiger partial charge in [0.15, 0.2) is 0 Å². The monoisotopic (exact) mass is 270 g/mol. The van der Waals surface area contributed by atoms with Gasteiger partial charge in [-0.2, -0.15) is 18.4 Å². The van der Waals surface area contributed by atoms with Crippen molar-refractivity contribution in [1.29, 1.82) is 5.26 Å². The van der Waals surface area contributed by atoms with Crippen molar-refractivity contribution in [2.75, 3.05) is 13.6 Å². The van der Waals surface area contributed by atoms with E-state index in [4.69, 9.17) is 5.26 Å². The van der Waals surface area contributed by atoms with Gasteiger partial charge < -0.3 is 4.90 Å². The molecule has 0 radical (unpaired) electrons. The Morgan fingerprint density at radius 3 is 2.32 bits per heavy atom. The Balaban J connectivity index is 2.82. The van der Waals surface area contributed by atoms with Gasteiger partial charge in [-0.25, -0.2) is 0 Å². The number of carbonyl (C=O) groups excluding carboxylic acids is 1. The fraction of sp³-hybridized carbons (Fsp3) is 0.385. The Kier molecular flexibility index (Phi) is 4.54. The fourth-order valence-corrected chi connectivity index (χ4v) is 1.56. The highest BCUT2D eigenvalue weighted by molar-refractivity contribution is 5.94. The number of halogens is 3. The van der Waals surface area contributed by atoms with E-state index in [1.54, 1.807) is 6.92 Å². The molecule has 0 heterocycles. The number of carbonyl (C=O) groups is 1. The summed E-state index contributed by atoms with van der Waals surface area (Å²) in [6, 6.07) is 6.00. The quantitative estimate of drug-likeness (QED) is 0.847. The minimum Gasteiger partial charge on any atom is -0.340 e. The molecule has 0 aromatic heterocycles. The first kappa shape index (κ1) is 15.0. The third kappa shape index (κ3) is 3.98. The van der Waals surface area contributed by atoms with Crippen LogP contribution in [0.25, 0.3) is 0 Å². The second-order valence-electron chi connectivity index (χ2n) is 4.29. The van der Waals surface area contributed by atoms with Crippen molar-refractivity contribution in [1.82, 2.24) is 4.90 Å². The molecule has 0 N–H and O–H groups in total. The summed E-state index contributed by atoms with van der Waals surface area (Å²) in [4.78, 5) is 13.2. The zero-order chi connectivity index (χ0) is 14.6. The number of nitrogens with zero attached hydrogens (tertiary/aromatic N) is 2. The molecule has 102 valence electrons. The van der Waals surface area contributed by atoms with Crippen molar-refractivity contribution in [3.8, 4) is 6.07 Å². The van der Waals surface area contributed by atoms with Crippen LogP contribution in [0.2, 0.25) is 0 Å². The maximum Gasteiger partial charge on any atom is 0.416 e. The molecule has 19 heavy (non-hydrogen) atoms. The van der Waals surface area contributed by atoms with Gasteiger partial charge in [0.1, 0.15) is 0 Å². The Hall–Kier alpha value is -2.03. The molecule has 6 heteroatoms. The highest BCUT2D eigenvalue weighted by atomic mass is 19.4. The van der Waals surface area contributed by atoms with Gasteiger partial charge in [-0.3, -0.25) is 4.79 Å². The van der Waals surface area contributed by atoms with Crippen LogP contribution in [-0.4, -0.2) is 24.4 Å². The smallest absolute Gasteiger partial charge is 0.340 e. The average Bonchev–Trinajstić information content (AvgIpc) is 2.36. The number of hydrogen-bond acceptors (Lipinski definition) is 2. The minimum atomic E-state index is -4.41. The summed E-state index contributed by atoms with van der Waals surface area (Å²) in [5, 5.41) is 8.65. The van der Waals surface area contributed by atoms with Crippen LogP contribution in [0, 0.1) is 17.2 Å². The molecule has 0 saturated heterocycles. The van der Waals surface area contributed by atoms with Crippen LogP contribution in [0.4, 0.5) is 13.2 Å². The summed E-state index contributed by atoms with van der Waals surface area (Å²) in [5.74, 6) is -0.737. The van der Waals surface area contributed by atoms with Crippen LogP contribution in [0.15, 0.2) is 24.3 Å². The van der Waals surface area contributed by atoms with E-state index in [9.17, 15) is 18.0 Å². The lowest BCUT2D eigenvalue weighted by molar-refractivity contribution is -0.137. The van der Waals surface area contributed by atoms with Gasteiger partial charge in [-0.15, -0.1) is 0 Å². The van der Waals surface area contributed by atoms with Crippen molar-refractivity contribution in [2.45, 2.75) is 13.1 Å². The van der Waals surface area contributed by atoms with Crippen LogP contribution in [0.1, 0.15) is 22.8 Å². The normalized spacial score (nSPS) is 12.6. The summed E-state index contributed by atoms with van der Waals surface area (Å²) in [5.41, 5.74) is -0.627. The van der Waals surface area contributed by atoms with E-state index in [1.165, 1.54) is 11.9 Å². The van der Waals surface area contributed by atoms with Crippen LogP contribution in [-0.2, 0) is 6.18 Å². The van der Waals surface area contributed by atoms with Crippen molar-refractivity contribution in [3.63, 3.8) is 0 Å². The molecule has 0 spiro atoms. The third-order valence-electron chi connectivity index (χ3n) is 2.57. The van der Waals surface area contributed by atoms with Gasteiger partial charge in [0.25, 0.3) is 5.91 Å². The van der Waals surface area contributed by atoms with Gasteiger partial charge in [0, 0.05) is 19.2 Å². The van der Waals surface area contributed by atoms with Crippen LogP contribution in [0.3, 0.4) is 0 Å². The Bertz CT molecular complexity index is 488. The van der Waals surface area contributed by atoms with E-state index in [1.807, 2.05) is 6.07 Å². The lowest BCUT2D eigenvalue weighted by atomic mass is 10.1. The summed E-state index contributed by atoms with van der Waals surface area (Å²) < 4.78 is 37.1. The fourth-order valence-electron chi connectivity index (χ4n) is 1.56. The first-order valence-corrected chi connectivity index (χ1v) is 5.58. The molecule has 3 nitrogen and oxygen atoms in total. The van der Waals surface area contributed by atoms with Gasteiger partial charge >= 0.3 is 6.18 Å². The number of hydrogen-bond donors (Lipinski definition) is 0. The lowest BCUT2D eigenvalue weighted by Crippen LogP contribution is -2.30. The van der Waals surface area contributed by atoms with Crippen LogP contribution in [0.5, 0.6) is 0 Å². The van der Waals surface area contributed by atoms with Crippen molar-refractivity contribution >= 4 is 5.91 Å². The predicted octanol–water partition coefficient (Wildman–Crippen LogP) is 2.94. The second-order valence-corrected chi connectivity index (χ2v) is 4.29. The highest BCUT2D eigenvalue weighted by Crippen LogP contribution is 2.29. The van der Waals surface area contributed by atoms with E-state index in [0.717, 1.165) is 24.3 Å². The van der Waals surface area contributed by atoms with Crippen LogP contribution >= 0.6 is 0 Å². The molecular weight excluding hydrogens is 257 g/mol. The average molecular weight is 270 g/mol. The summed E-state index contributed by atoms with van der Waals surface area (Å²) >= 11 is 0. The lowest BCUT2D eigenvalue weighted by Gasteiger charge is -2.18. The third-order valence-corrected chi connectivity index (χ3v) is 2.57. The zero-order valence-corrected chi connectivity index (χ0v) is 10.5. The molecule has 1 atom stereocenters. The standard InChI is InChI=1S/C13H13F3N2O/c1-9(7-17)8-18(2)12(19)10-3-5-11(6-4-10)13(14,15)16/h3-6,9H,8H2,1-2H3. The topological polar surface area (TPSA) is 44.1 Å². The predicted molar refractivity (Wildman–Crippen MR) is 63.2 cm³/mol. The van der Waals surface area contributed by atoms with Gasteiger partial charge in [0.2, 0.25) is 0 Å². The second kappa shape index (κ2) is 5.74. The molecule has 0 aliphatic carbocycles. The molecule has 0 bridgehead atoms. The van der Waals surface area contributed by atoms with E-state index >= 15 is 0 Å². The number of amides is 1. The van der Waals surface area contributed by atoms with E-state index in [2.05, 4.69) is 0 Å². The Morgan fingerprint density at radius 1 is 1.37 bits per heavy atom. The van der Waals surface area contributed by atoms with Crippen LogP contribution < -0.4 is 0 Å². The number of rotatable bonds is 3. The molecule has 1 aromatic carbocycles. The number of alkyl halides is 3. The molecule has 1 amide bonds. The molecule has 1 unspecified atom stereocenters. The minimum absolute atomic E-state index is 0.167. The number of benzene rings is 1. The van der Waals surface area contributed by atoms with Gasteiger partial charge in [-0.05, 0) is 31.2 Å². The van der Waals surface area contributed by atoms with Gasteiger partial charge in [-0.1, -0.05) is 0 Å². The molecule has 1 rings (SSSR count). The molecule has 0 fully saturated rings. The van der Waals surface area contributed by atoms with E-state index in [0.29, 0.717) is 0 Å². The SMILES string of the molecule is CC(C#N)CN(C)C(=O)c1ccc(C(F)(F)F)cc1. The molecule has 1 aromatic rings. The Morgan fingerprint density at radius 2 is 1.89 bits per heavy atom. The zero-order valence-electron chi connectivity index (χ0n) is 10.5. The van der Waals surface area contributed by atoms with Gasteiger partial charge in [0.05, 0.1) is 17.6 Å². The van der Waals surface area contributed by atoms with Crippen molar-refractivity contribution in [3.05, 3.63) is 35.4 Å². The van der Waals surface area contributed by atoms with E-state index in [-0.39, 0.29) is 18.0 Å². The highest BCUT2D eigenvalue weighted by Gasteiger charge is 2.30. The van der Waals surface area contributed by atoms with E-state index < -0.39 is 17.6 Å². The molecule has 0 aliphatic rings. The summed E-state index contributed by atoms with van der Waals surface area (Å²) in [6.45, 7) is 1.90. The van der Waals surface area contributed by atoms with Crippen molar-refractivity contribution in [2.24, 2.45) is 5.92 Å². The number of nitriles is 1. The molecule has 0 aliphatic heterocycles. The largest absolute Gasteiger partial charge is 0.416 e. The first-order chi connectivity index (χ1) is 8.75. The molecule has 0 saturated carbocycles. The first-order valence-electron chi connectivity index (χ1n) is 5.58. The maximum absolute atomic E-state index is 12.4. The summed E-state index contributed by atoms with van der Waals surface area (Å²) in [6.07, 6.45) is -4.41. The van der Waals surface area contributed by atoms with Crippen molar-refractivity contribution < 1.29 is 18.0 Å². The maximum atomic E-state index is 12.4. The summed E-state index contributed by atoms with van der Waals surface area (Å²) in [7, 11) is 1.51. The Labute approximate surface area is 109 Å².